The van der Waals surface area contributed by atoms with Crippen LogP contribution in [0.2, 0.25) is 0 Å². The molecule has 0 radical (unpaired) electrons. The van der Waals surface area contributed by atoms with Crippen molar-refractivity contribution in [2.75, 3.05) is 23.9 Å². The summed E-state index contributed by atoms with van der Waals surface area (Å²) in [6.07, 6.45) is 1.69. The van der Waals surface area contributed by atoms with E-state index >= 15 is 0 Å². The lowest BCUT2D eigenvalue weighted by Gasteiger charge is -2.06. The van der Waals surface area contributed by atoms with Crippen LogP contribution >= 0.6 is 23.5 Å². The monoisotopic (exact) mass is 334 g/mol. The fourth-order valence-corrected chi connectivity index (χ4v) is 2.99. The van der Waals surface area contributed by atoms with Gasteiger partial charge in [0.25, 0.3) is 0 Å². The minimum Gasteiger partial charge on any atom is -0.497 e. The van der Waals surface area contributed by atoms with Gasteiger partial charge in [-0.05, 0) is 42.2 Å². The number of benzene rings is 1. The van der Waals surface area contributed by atoms with E-state index in [1.54, 1.807) is 25.1 Å². The Morgan fingerprint density at radius 1 is 1.18 bits per heavy atom. The first-order chi connectivity index (χ1) is 10.7. The highest BCUT2D eigenvalue weighted by Gasteiger charge is 2.05. The van der Waals surface area contributed by atoms with Crippen molar-refractivity contribution in [3.63, 3.8) is 0 Å². The highest BCUT2D eigenvalue weighted by atomic mass is 32.2. The highest BCUT2D eigenvalue weighted by molar-refractivity contribution is 8.00. The molecule has 0 fully saturated rings. The number of nitrogens with zero attached hydrogens (tertiary/aromatic N) is 1. The number of rotatable bonds is 7. The van der Waals surface area contributed by atoms with E-state index in [1.165, 1.54) is 11.8 Å². The standard InChI is InChI=1S/C16H18N2O2S2/c1-3-21-16-9-4-12(10-17-16)18-15(19)11-22-14-7-5-13(20-2)6-8-14/h4-10H,3,11H2,1-2H3,(H,18,19). The maximum atomic E-state index is 11.9. The topological polar surface area (TPSA) is 51.2 Å². The molecule has 116 valence electrons. The zero-order valence-corrected chi connectivity index (χ0v) is 14.2. The number of pyridine rings is 1. The number of carbonyl (C=O) groups is 1. The van der Waals surface area contributed by atoms with Gasteiger partial charge in [-0.2, -0.15) is 0 Å². The zero-order chi connectivity index (χ0) is 15.8. The Morgan fingerprint density at radius 3 is 2.55 bits per heavy atom. The third kappa shape index (κ3) is 5.27. The molecule has 4 nitrogen and oxygen atoms in total. The van der Waals surface area contributed by atoms with Crippen LogP contribution in [0.5, 0.6) is 5.75 Å². The van der Waals surface area contributed by atoms with Crippen LogP contribution in [-0.4, -0.2) is 29.5 Å². The summed E-state index contributed by atoms with van der Waals surface area (Å²) in [6, 6.07) is 11.4. The lowest BCUT2D eigenvalue weighted by molar-refractivity contribution is -0.113. The number of ether oxygens (including phenoxy) is 1. The first-order valence-electron chi connectivity index (χ1n) is 6.87. The molecule has 0 spiro atoms. The van der Waals surface area contributed by atoms with E-state index in [1.807, 2.05) is 36.4 Å². The van der Waals surface area contributed by atoms with Gasteiger partial charge in [-0.15, -0.1) is 23.5 Å². The second-order valence-corrected chi connectivity index (χ2v) is 6.66. The molecule has 6 heteroatoms. The third-order valence-corrected chi connectivity index (χ3v) is 4.58. The summed E-state index contributed by atoms with van der Waals surface area (Å²) in [5.41, 5.74) is 0.723. The normalized spacial score (nSPS) is 10.3. The van der Waals surface area contributed by atoms with Crippen LogP contribution in [0, 0.1) is 0 Å². The lowest BCUT2D eigenvalue weighted by atomic mass is 10.3. The van der Waals surface area contributed by atoms with Crippen molar-refractivity contribution in [3.8, 4) is 5.75 Å². The van der Waals surface area contributed by atoms with Gasteiger partial charge >= 0.3 is 0 Å². The minimum atomic E-state index is -0.0430. The third-order valence-electron chi connectivity index (χ3n) is 2.74. The summed E-state index contributed by atoms with van der Waals surface area (Å²) in [5.74, 6) is 2.11. The molecule has 0 unspecified atom stereocenters. The first-order valence-corrected chi connectivity index (χ1v) is 8.84. The van der Waals surface area contributed by atoms with Crippen molar-refractivity contribution in [3.05, 3.63) is 42.6 Å². The molecule has 22 heavy (non-hydrogen) atoms. The largest absolute Gasteiger partial charge is 0.497 e. The van der Waals surface area contributed by atoms with Crippen molar-refractivity contribution in [1.82, 2.24) is 4.98 Å². The SMILES string of the molecule is CCSc1ccc(NC(=O)CSc2ccc(OC)cc2)cn1. The molecule has 1 heterocycles. The molecule has 1 amide bonds. The van der Waals surface area contributed by atoms with Crippen LogP contribution < -0.4 is 10.1 Å². The van der Waals surface area contributed by atoms with Crippen LogP contribution in [0.3, 0.4) is 0 Å². The fraction of sp³-hybridized carbons (Fsp3) is 0.250. The average Bonchev–Trinajstić information content (AvgIpc) is 2.55. The molecular weight excluding hydrogens is 316 g/mol. The number of aromatic nitrogens is 1. The van der Waals surface area contributed by atoms with Gasteiger partial charge in [0.15, 0.2) is 0 Å². The Morgan fingerprint density at radius 2 is 1.95 bits per heavy atom. The summed E-state index contributed by atoms with van der Waals surface area (Å²) in [7, 11) is 1.63. The summed E-state index contributed by atoms with van der Waals surface area (Å²) >= 11 is 3.16. The number of hydrogen-bond donors (Lipinski definition) is 1. The molecule has 2 aromatic rings. The van der Waals surface area contributed by atoms with Gasteiger partial charge in [-0.3, -0.25) is 4.79 Å². The van der Waals surface area contributed by atoms with Crippen molar-refractivity contribution < 1.29 is 9.53 Å². The average molecular weight is 334 g/mol. The molecule has 0 bridgehead atoms. The van der Waals surface area contributed by atoms with Crippen LogP contribution in [0.4, 0.5) is 5.69 Å². The number of hydrogen-bond acceptors (Lipinski definition) is 5. The van der Waals surface area contributed by atoms with E-state index in [4.69, 9.17) is 4.74 Å². The molecule has 0 saturated carbocycles. The first kappa shape index (κ1) is 16.7. The van der Waals surface area contributed by atoms with Gasteiger partial charge in [-0.25, -0.2) is 4.98 Å². The van der Waals surface area contributed by atoms with E-state index in [0.717, 1.165) is 27.1 Å². The van der Waals surface area contributed by atoms with Crippen molar-refractivity contribution in [2.24, 2.45) is 0 Å². The Hall–Kier alpha value is -1.66. The highest BCUT2D eigenvalue weighted by Crippen LogP contribution is 2.21. The van der Waals surface area contributed by atoms with Crippen LogP contribution in [0.1, 0.15) is 6.92 Å². The number of anilines is 1. The second-order valence-electron chi connectivity index (χ2n) is 4.33. The summed E-state index contributed by atoms with van der Waals surface area (Å²) in [5, 5.41) is 3.81. The van der Waals surface area contributed by atoms with Gasteiger partial charge in [0.1, 0.15) is 5.75 Å². The summed E-state index contributed by atoms with van der Waals surface area (Å²) < 4.78 is 5.10. The molecule has 1 aromatic carbocycles. The number of nitrogens with one attached hydrogen (secondary N) is 1. The molecule has 0 atom stereocenters. The lowest BCUT2D eigenvalue weighted by Crippen LogP contribution is -2.14. The predicted molar refractivity (Wildman–Crippen MR) is 93.0 cm³/mol. The Bertz CT molecular complexity index is 601. The van der Waals surface area contributed by atoms with Crippen LogP contribution in [-0.2, 0) is 4.79 Å². The molecule has 1 aromatic heterocycles. The number of carbonyl (C=O) groups excluding carboxylic acids is 1. The molecule has 0 saturated heterocycles. The van der Waals surface area contributed by atoms with Gasteiger partial charge in [0.2, 0.25) is 5.91 Å². The zero-order valence-electron chi connectivity index (χ0n) is 12.5. The van der Waals surface area contributed by atoms with E-state index in [-0.39, 0.29) is 5.91 Å². The minimum absolute atomic E-state index is 0.0430. The molecular formula is C16H18N2O2S2. The molecule has 0 aliphatic carbocycles. The van der Waals surface area contributed by atoms with Crippen molar-refractivity contribution in [1.29, 1.82) is 0 Å². The van der Waals surface area contributed by atoms with Crippen LogP contribution in [0.25, 0.3) is 0 Å². The van der Waals surface area contributed by atoms with E-state index < -0.39 is 0 Å². The maximum Gasteiger partial charge on any atom is 0.234 e. The Balaban J connectivity index is 1.81. The molecule has 0 aliphatic rings. The number of thioether (sulfide) groups is 2. The van der Waals surface area contributed by atoms with Gasteiger partial charge in [0, 0.05) is 4.90 Å². The second kappa shape index (κ2) is 8.70. The Kier molecular flexibility index (Phi) is 6.61. The smallest absolute Gasteiger partial charge is 0.234 e. The molecule has 2 rings (SSSR count). The molecule has 0 aliphatic heterocycles. The maximum absolute atomic E-state index is 11.9. The number of methoxy groups -OCH3 is 1. The summed E-state index contributed by atoms with van der Waals surface area (Å²) in [6.45, 7) is 2.08. The van der Waals surface area contributed by atoms with Crippen molar-refractivity contribution >= 4 is 35.1 Å². The number of amides is 1. The van der Waals surface area contributed by atoms with Gasteiger partial charge in [-0.1, -0.05) is 6.92 Å². The predicted octanol–water partition coefficient (Wildman–Crippen LogP) is 3.93. The molecule has 1 N–H and O–H groups in total. The van der Waals surface area contributed by atoms with Crippen LogP contribution in [0.15, 0.2) is 52.5 Å². The van der Waals surface area contributed by atoms with E-state index in [9.17, 15) is 4.79 Å². The van der Waals surface area contributed by atoms with Gasteiger partial charge < -0.3 is 10.1 Å². The van der Waals surface area contributed by atoms with Gasteiger partial charge in [0.05, 0.1) is 29.8 Å². The van der Waals surface area contributed by atoms with E-state index in [0.29, 0.717) is 5.75 Å². The Labute approximate surface area is 139 Å². The van der Waals surface area contributed by atoms with Crippen molar-refractivity contribution in [2.45, 2.75) is 16.8 Å². The fourth-order valence-electron chi connectivity index (χ4n) is 1.71. The quantitative estimate of drug-likeness (QED) is 0.778. The van der Waals surface area contributed by atoms with E-state index in [2.05, 4.69) is 17.2 Å². The summed E-state index contributed by atoms with van der Waals surface area (Å²) in [4.78, 5) is 17.2.